The summed E-state index contributed by atoms with van der Waals surface area (Å²) in [5.74, 6) is 6.20. The van der Waals surface area contributed by atoms with E-state index < -0.39 is 0 Å². The van der Waals surface area contributed by atoms with Gasteiger partial charge in [-0.3, -0.25) is 4.98 Å². The normalized spacial score (nSPS) is 10.3. The Hall–Kier alpha value is -2.63. The van der Waals surface area contributed by atoms with E-state index in [0.717, 1.165) is 30.5 Å². The molecule has 2 heteroatoms. The third-order valence-electron chi connectivity index (χ3n) is 3.77. The molecule has 0 bridgehead atoms. The molecule has 1 N–H and O–H groups in total. The van der Waals surface area contributed by atoms with E-state index in [1.165, 1.54) is 16.3 Å². The Morgan fingerprint density at radius 3 is 2.61 bits per heavy atom. The van der Waals surface area contributed by atoms with Gasteiger partial charge in [0.25, 0.3) is 0 Å². The highest BCUT2D eigenvalue weighted by molar-refractivity contribution is 5.84. The molecule has 3 aromatic rings. The van der Waals surface area contributed by atoms with E-state index in [2.05, 4.69) is 53.2 Å². The van der Waals surface area contributed by atoms with Gasteiger partial charge in [-0.15, -0.1) is 0 Å². The Balaban J connectivity index is 1.76. The molecule has 1 heterocycles. The van der Waals surface area contributed by atoms with Gasteiger partial charge in [-0.1, -0.05) is 48.2 Å². The third-order valence-corrected chi connectivity index (χ3v) is 3.77. The SMILES string of the molecule is OCCCC#Cc1ccc(Cc2nccc3ccccc23)cc1. The second kappa shape index (κ2) is 7.58. The third kappa shape index (κ3) is 3.97. The van der Waals surface area contributed by atoms with Crippen molar-refractivity contribution in [2.75, 3.05) is 6.61 Å². The van der Waals surface area contributed by atoms with Crippen LogP contribution < -0.4 is 0 Å². The molecule has 0 radical (unpaired) electrons. The smallest absolute Gasteiger partial charge is 0.0525 e. The monoisotopic (exact) mass is 301 g/mol. The van der Waals surface area contributed by atoms with Crippen LogP contribution in [0.4, 0.5) is 0 Å². The van der Waals surface area contributed by atoms with Crippen molar-refractivity contribution in [2.45, 2.75) is 19.3 Å². The molecule has 0 spiro atoms. The quantitative estimate of drug-likeness (QED) is 0.584. The first kappa shape index (κ1) is 15.3. The molecule has 3 rings (SSSR count). The summed E-state index contributed by atoms with van der Waals surface area (Å²) in [5, 5.41) is 11.2. The first-order valence-corrected chi connectivity index (χ1v) is 7.88. The summed E-state index contributed by atoms with van der Waals surface area (Å²) < 4.78 is 0. The Morgan fingerprint density at radius 2 is 1.78 bits per heavy atom. The maximum absolute atomic E-state index is 8.74. The number of pyridine rings is 1. The van der Waals surface area contributed by atoms with Gasteiger partial charge < -0.3 is 5.11 Å². The summed E-state index contributed by atoms with van der Waals surface area (Å²) in [6, 6.07) is 18.7. The fourth-order valence-corrected chi connectivity index (χ4v) is 2.55. The number of aliphatic hydroxyl groups is 1. The van der Waals surface area contributed by atoms with Crippen LogP contribution in [-0.2, 0) is 6.42 Å². The van der Waals surface area contributed by atoms with Crippen molar-refractivity contribution in [2.24, 2.45) is 0 Å². The number of aliphatic hydroxyl groups excluding tert-OH is 1. The van der Waals surface area contributed by atoms with E-state index in [-0.39, 0.29) is 6.61 Å². The zero-order chi connectivity index (χ0) is 15.9. The van der Waals surface area contributed by atoms with Gasteiger partial charge in [0.1, 0.15) is 0 Å². The van der Waals surface area contributed by atoms with Crippen LogP contribution in [-0.4, -0.2) is 16.7 Å². The van der Waals surface area contributed by atoms with Crippen LogP contribution in [0.15, 0.2) is 60.8 Å². The lowest BCUT2D eigenvalue weighted by atomic mass is 10.0. The molecule has 1 aromatic heterocycles. The van der Waals surface area contributed by atoms with Gasteiger partial charge in [0.05, 0.1) is 5.69 Å². The molecule has 0 atom stereocenters. The molecule has 23 heavy (non-hydrogen) atoms. The Bertz CT molecular complexity index is 836. The summed E-state index contributed by atoms with van der Waals surface area (Å²) in [6.45, 7) is 0.200. The van der Waals surface area contributed by atoms with Crippen LogP contribution in [0, 0.1) is 11.8 Å². The van der Waals surface area contributed by atoms with Crippen LogP contribution in [0.1, 0.15) is 29.7 Å². The maximum atomic E-state index is 8.74. The average Bonchev–Trinajstić information content (AvgIpc) is 2.60. The van der Waals surface area contributed by atoms with Crippen molar-refractivity contribution in [3.05, 3.63) is 77.6 Å². The summed E-state index contributed by atoms with van der Waals surface area (Å²) in [6.07, 6.45) is 4.16. The largest absolute Gasteiger partial charge is 0.396 e. The Labute approximate surface area is 136 Å². The van der Waals surface area contributed by atoms with Crippen molar-refractivity contribution in [1.29, 1.82) is 0 Å². The van der Waals surface area contributed by atoms with E-state index in [1.807, 2.05) is 24.4 Å². The van der Waals surface area contributed by atoms with Crippen LogP contribution >= 0.6 is 0 Å². The second-order valence-electron chi connectivity index (χ2n) is 5.48. The molecule has 0 unspecified atom stereocenters. The first-order chi connectivity index (χ1) is 11.4. The summed E-state index contributed by atoms with van der Waals surface area (Å²) in [7, 11) is 0. The number of fused-ring (bicyclic) bond motifs is 1. The molecule has 2 aromatic carbocycles. The van der Waals surface area contributed by atoms with E-state index in [4.69, 9.17) is 5.11 Å². The predicted octanol–water partition coefficient (Wildman–Crippen LogP) is 3.95. The molecule has 0 aliphatic rings. The highest BCUT2D eigenvalue weighted by Gasteiger charge is 2.03. The predicted molar refractivity (Wildman–Crippen MR) is 94.2 cm³/mol. The zero-order valence-corrected chi connectivity index (χ0v) is 13.0. The number of rotatable bonds is 4. The topological polar surface area (TPSA) is 33.1 Å². The number of benzene rings is 2. The molecule has 0 saturated carbocycles. The van der Waals surface area contributed by atoms with Crippen LogP contribution in [0.3, 0.4) is 0 Å². The molecule has 0 aliphatic carbocycles. The molecule has 114 valence electrons. The molecular weight excluding hydrogens is 282 g/mol. The van der Waals surface area contributed by atoms with Gasteiger partial charge in [-0.05, 0) is 35.6 Å². The Kier molecular flexibility index (Phi) is 5.03. The standard InChI is InChI=1S/C21H19NO/c23-15-5-1-2-6-17-9-11-18(12-10-17)16-21-20-8-4-3-7-19(20)13-14-22-21/h3-4,7-14,23H,1,5,15-16H2. The minimum atomic E-state index is 0.200. The minimum absolute atomic E-state index is 0.200. The van der Waals surface area contributed by atoms with E-state index >= 15 is 0 Å². The van der Waals surface area contributed by atoms with Crippen LogP contribution in [0.25, 0.3) is 10.8 Å². The van der Waals surface area contributed by atoms with Crippen molar-refractivity contribution >= 4 is 10.8 Å². The van der Waals surface area contributed by atoms with Gasteiger partial charge in [0.15, 0.2) is 0 Å². The van der Waals surface area contributed by atoms with Crippen LogP contribution in [0.5, 0.6) is 0 Å². The molecule has 0 fully saturated rings. The highest BCUT2D eigenvalue weighted by Crippen LogP contribution is 2.19. The fourth-order valence-electron chi connectivity index (χ4n) is 2.55. The molecule has 2 nitrogen and oxygen atoms in total. The fraction of sp³-hybridized carbons (Fsp3) is 0.190. The van der Waals surface area contributed by atoms with E-state index in [0.29, 0.717) is 0 Å². The van der Waals surface area contributed by atoms with Gasteiger partial charge in [0.2, 0.25) is 0 Å². The minimum Gasteiger partial charge on any atom is -0.396 e. The lowest BCUT2D eigenvalue weighted by Gasteiger charge is -2.06. The van der Waals surface area contributed by atoms with Gasteiger partial charge >= 0.3 is 0 Å². The van der Waals surface area contributed by atoms with Crippen molar-refractivity contribution in [3.8, 4) is 11.8 Å². The van der Waals surface area contributed by atoms with Crippen molar-refractivity contribution < 1.29 is 5.11 Å². The molecule has 0 aliphatic heterocycles. The average molecular weight is 301 g/mol. The van der Waals surface area contributed by atoms with E-state index in [9.17, 15) is 0 Å². The number of unbranched alkanes of at least 4 members (excludes halogenated alkanes) is 1. The van der Waals surface area contributed by atoms with Gasteiger partial charge in [-0.2, -0.15) is 0 Å². The highest BCUT2D eigenvalue weighted by atomic mass is 16.2. The van der Waals surface area contributed by atoms with Crippen molar-refractivity contribution in [1.82, 2.24) is 4.98 Å². The molecule has 0 saturated heterocycles. The van der Waals surface area contributed by atoms with E-state index in [1.54, 1.807) is 0 Å². The number of hydrogen-bond donors (Lipinski definition) is 1. The second-order valence-corrected chi connectivity index (χ2v) is 5.48. The lowest BCUT2D eigenvalue weighted by Crippen LogP contribution is -1.93. The Morgan fingerprint density at radius 1 is 0.957 bits per heavy atom. The molecular formula is C21H19NO. The number of hydrogen-bond acceptors (Lipinski definition) is 2. The zero-order valence-electron chi connectivity index (χ0n) is 13.0. The number of aromatic nitrogens is 1. The lowest BCUT2D eigenvalue weighted by molar-refractivity contribution is 0.290. The van der Waals surface area contributed by atoms with Crippen LogP contribution in [0.2, 0.25) is 0 Å². The van der Waals surface area contributed by atoms with Gasteiger partial charge in [-0.25, -0.2) is 0 Å². The van der Waals surface area contributed by atoms with Crippen molar-refractivity contribution in [3.63, 3.8) is 0 Å². The summed E-state index contributed by atoms with van der Waals surface area (Å²) in [4.78, 5) is 4.54. The maximum Gasteiger partial charge on any atom is 0.0525 e. The van der Waals surface area contributed by atoms with Gasteiger partial charge in [0, 0.05) is 36.6 Å². The molecule has 0 amide bonds. The first-order valence-electron chi connectivity index (χ1n) is 7.88. The summed E-state index contributed by atoms with van der Waals surface area (Å²) >= 11 is 0. The number of nitrogens with zero attached hydrogens (tertiary/aromatic N) is 1. The summed E-state index contributed by atoms with van der Waals surface area (Å²) in [5.41, 5.74) is 3.34.